The van der Waals surface area contributed by atoms with Crippen LogP contribution in [-0.2, 0) is 0 Å². The fraction of sp³-hybridized carbons (Fsp3) is 0. The van der Waals surface area contributed by atoms with Crippen LogP contribution in [0.3, 0.4) is 0 Å². The highest BCUT2D eigenvalue weighted by molar-refractivity contribution is 6.40. The van der Waals surface area contributed by atoms with Crippen LogP contribution < -0.4 is 9.80 Å². The minimum Gasteiger partial charge on any atom is -0.268 e. The summed E-state index contributed by atoms with van der Waals surface area (Å²) in [5.74, 6) is -28.7. The van der Waals surface area contributed by atoms with Gasteiger partial charge in [-0.05, 0) is 76.8 Å². The van der Waals surface area contributed by atoms with Gasteiger partial charge in [0.2, 0.25) is 11.6 Å². The standard InChI is InChI=1S/C46H14F10N2O4/c47-31-33(49)37(53)41(38(54)34(31)50)57-43(59)27-13-9-23-21-5-3-15-16-4-6-22-20(18(16)2-1-17(15)19(21)7-11-25(23)29(27)45(57)61)8-12-26-24(22)10-14-28-30(26)46(62)58(44(28)60)42-39(55)35(51)32(48)36(52)40(42)56/h1-14H. The zero-order valence-corrected chi connectivity index (χ0v) is 30.4. The Labute approximate surface area is 337 Å². The molecule has 0 unspecified atom stereocenters. The minimum atomic E-state index is -2.45. The molecule has 302 valence electrons. The molecule has 11 rings (SSSR count). The largest absolute Gasteiger partial charge is 0.268 e. The summed E-state index contributed by atoms with van der Waals surface area (Å²) in [5, 5.41) is 6.76. The van der Waals surface area contributed by atoms with Crippen LogP contribution in [-0.4, -0.2) is 23.6 Å². The van der Waals surface area contributed by atoms with Crippen molar-refractivity contribution in [2.75, 3.05) is 9.80 Å². The van der Waals surface area contributed by atoms with E-state index in [2.05, 4.69) is 0 Å². The molecule has 9 aromatic rings. The van der Waals surface area contributed by atoms with Crippen LogP contribution in [0.15, 0.2) is 84.9 Å². The van der Waals surface area contributed by atoms with Crippen LogP contribution in [0, 0.1) is 58.2 Å². The first-order valence-corrected chi connectivity index (χ1v) is 18.2. The van der Waals surface area contributed by atoms with Gasteiger partial charge in [-0.1, -0.05) is 72.8 Å². The number of hydrogen-bond acceptors (Lipinski definition) is 4. The molecule has 4 amide bonds. The van der Waals surface area contributed by atoms with Gasteiger partial charge in [0.1, 0.15) is 11.4 Å². The second kappa shape index (κ2) is 12.3. The Morgan fingerprint density at radius 3 is 0.694 bits per heavy atom. The first kappa shape index (κ1) is 37.1. The molecule has 0 aliphatic carbocycles. The van der Waals surface area contributed by atoms with Crippen molar-refractivity contribution in [2.24, 2.45) is 0 Å². The van der Waals surface area contributed by atoms with Crippen molar-refractivity contribution >= 4 is 99.6 Å². The SMILES string of the molecule is O=C1c2ccc3c(ccc4c3ccc3c4ccc4c5ccc6c7c(ccc6c5ccc43)C(=O)N(c3c(F)c(F)c(F)c(F)c3F)C7=O)c2C(=O)N1c1c(F)c(F)c(F)c(F)c1F. The summed E-state index contributed by atoms with van der Waals surface area (Å²) in [7, 11) is 0. The third-order valence-electron chi connectivity index (χ3n) is 11.7. The summed E-state index contributed by atoms with van der Waals surface area (Å²) in [6.07, 6.45) is 0. The molecule has 0 N–H and O–H groups in total. The number of nitrogens with zero attached hydrogens (tertiary/aromatic N) is 2. The van der Waals surface area contributed by atoms with Crippen LogP contribution in [0.4, 0.5) is 55.3 Å². The Balaban J connectivity index is 1.03. The maximum Gasteiger partial charge on any atom is 0.266 e. The fourth-order valence-electron chi connectivity index (χ4n) is 8.94. The number of anilines is 2. The van der Waals surface area contributed by atoms with Gasteiger partial charge in [-0.3, -0.25) is 19.2 Å². The zero-order valence-electron chi connectivity index (χ0n) is 30.4. The van der Waals surface area contributed by atoms with E-state index in [9.17, 15) is 63.1 Å². The second-order valence-corrected chi connectivity index (χ2v) is 14.6. The number of carbonyl (C=O) groups excluding carboxylic acids is 4. The average molecular weight is 849 g/mol. The number of rotatable bonds is 2. The molecule has 0 bridgehead atoms. The minimum absolute atomic E-state index is 0.0647. The Morgan fingerprint density at radius 2 is 0.435 bits per heavy atom. The molecule has 0 spiro atoms. The first-order valence-electron chi connectivity index (χ1n) is 18.2. The molecule has 6 nitrogen and oxygen atoms in total. The van der Waals surface area contributed by atoms with Crippen LogP contribution in [0.2, 0.25) is 0 Å². The molecule has 2 aliphatic heterocycles. The third-order valence-corrected chi connectivity index (χ3v) is 11.7. The topological polar surface area (TPSA) is 74.8 Å². The monoisotopic (exact) mass is 848 g/mol. The van der Waals surface area contributed by atoms with E-state index in [1.165, 1.54) is 36.4 Å². The van der Waals surface area contributed by atoms with E-state index in [4.69, 9.17) is 0 Å². The second-order valence-electron chi connectivity index (χ2n) is 14.6. The van der Waals surface area contributed by atoms with Gasteiger partial charge in [-0.2, -0.15) is 0 Å². The fourth-order valence-corrected chi connectivity index (χ4v) is 8.94. The number of carbonyl (C=O) groups is 4. The smallest absolute Gasteiger partial charge is 0.266 e. The van der Waals surface area contributed by atoms with Crippen molar-refractivity contribution in [1.29, 1.82) is 0 Å². The van der Waals surface area contributed by atoms with Gasteiger partial charge in [0, 0.05) is 0 Å². The van der Waals surface area contributed by atoms with Crippen molar-refractivity contribution in [1.82, 2.24) is 0 Å². The molecule has 0 atom stereocenters. The van der Waals surface area contributed by atoms with Crippen LogP contribution in [0.5, 0.6) is 0 Å². The Kier molecular flexibility index (Phi) is 7.40. The van der Waals surface area contributed by atoms with Gasteiger partial charge in [0.15, 0.2) is 46.5 Å². The molecule has 2 heterocycles. The van der Waals surface area contributed by atoms with E-state index >= 15 is 0 Å². The molecular formula is C46H14F10N2O4. The van der Waals surface area contributed by atoms with Crippen molar-refractivity contribution in [2.45, 2.75) is 0 Å². The van der Waals surface area contributed by atoms with Crippen molar-refractivity contribution in [3.05, 3.63) is 165 Å². The number of fused-ring (bicyclic) bond motifs is 15. The molecule has 0 radical (unpaired) electrons. The lowest BCUT2D eigenvalue weighted by Gasteiger charge is -2.17. The highest BCUT2D eigenvalue weighted by Gasteiger charge is 2.45. The highest BCUT2D eigenvalue weighted by atomic mass is 19.2. The maximum atomic E-state index is 14.8. The molecule has 0 aromatic heterocycles. The number of benzene rings is 9. The summed E-state index contributed by atoms with van der Waals surface area (Å²) in [5.41, 5.74) is -4.58. The number of halogens is 10. The summed E-state index contributed by atoms with van der Waals surface area (Å²) in [6, 6.07) is 22.6. The zero-order chi connectivity index (χ0) is 43.5. The van der Waals surface area contributed by atoms with Crippen molar-refractivity contribution < 1.29 is 63.1 Å². The highest BCUT2D eigenvalue weighted by Crippen LogP contribution is 2.44. The van der Waals surface area contributed by atoms with E-state index in [-0.39, 0.29) is 42.8 Å². The van der Waals surface area contributed by atoms with E-state index < -0.39 is 93.2 Å². The summed E-state index contributed by atoms with van der Waals surface area (Å²) < 4.78 is 143. The van der Waals surface area contributed by atoms with Gasteiger partial charge < -0.3 is 0 Å². The lowest BCUT2D eigenvalue weighted by atomic mass is 9.89. The van der Waals surface area contributed by atoms with Crippen molar-refractivity contribution in [3.63, 3.8) is 0 Å². The van der Waals surface area contributed by atoms with Gasteiger partial charge >= 0.3 is 0 Å². The Bertz CT molecular complexity index is 3460. The van der Waals surface area contributed by atoms with Crippen LogP contribution in [0.1, 0.15) is 41.4 Å². The van der Waals surface area contributed by atoms with Gasteiger partial charge in [0.25, 0.3) is 23.6 Å². The van der Waals surface area contributed by atoms with E-state index in [0.29, 0.717) is 32.3 Å². The Morgan fingerprint density at radius 1 is 0.242 bits per heavy atom. The lowest BCUT2D eigenvalue weighted by Crippen LogP contribution is -2.32. The van der Waals surface area contributed by atoms with Crippen LogP contribution >= 0.6 is 0 Å². The predicted molar refractivity (Wildman–Crippen MR) is 206 cm³/mol. The first-order chi connectivity index (χ1) is 29.6. The molecule has 16 heteroatoms. The van der Waals surface area contributed by atoms with E-state index in [1.807, 2.05) is 12.1 Å². The average Bonchev–Trinajstić information content (AvgIpc) is 3.69. The number of imide groups is 2. The molecule has 0 saturated carbocycles. The molecule has 62 heavy (non-hydrogen) atoms. The van der Waals surface area contributed by atoms with Crippen LogP contribution in [0.25, 0.3) is 64.6 Å². The van der Waals surface area contributed by atoms with Gasteiger partial charge in [-0.25, -0.2) is 53.7 Å². The summed E-state index contributed by atoms with van der Waals surface area (Å²) >= 11 is 0. The molecule has 2 aliphatic rings. The van der Waals surface area contributed by atoms with E-state index in [0.717, 1.165) is 21.5 Å². The summed E-state index contributed by atoms with van der Waals surface area (Å²) in [4.78, 5) is 53.9. The van der Waals surface area contributed by atoms with E-state index in [1.54, 1.807) is 36.4 Å². The normalized spacial score (nSPS) is 14.0. The third kappa shape index (κ3) is 4.44. The van der Waals surface area contributed by atoms with Crippen molar-refractivity contribution in [3.8, 4) is 0 Å². The molecule has 9 aromatic carbocycles. The van der Waals surface area contributed by atoms with Gasteiger partial charge in [0.05, 0.1) is 22.3 Å². The Hall–Kier alpha value is -7.88. The lowest BCUT2D eigenvalue weighted by molar-refractivity contribution is 0.0907. The molecule has 0 fully saturated rings. The maximum absolute atomic E-state index is 14.8. The molecule has 0 saturated heterocycles. The predicted octanol–water partition coefficient (Wildman–Crippen LogP) is 11.6. The quantitative estimate of drug-likeness (QED) is 0.0571. The number of hydrogen-bond donors (Lipinski definition) is 0. The number of amides is 4. The van der Waals surface area contributed by atoms with Gasteiger partial charge in [-0.15, -0.1) is 0 Å². The molecular weight excluding hydrogens is 834 g/mol. The summed E-state index contributed by atoms with van der Waals surface area (Å²) in [6.45, 7) is 0.